The summed E-state index contributed by atoms with van der Waals surface area (Å²) in [5.74, 6) is 1.44. The average molecular weight is 303 g/mol. The third-order valence-electron chi connectivity index (χ3n) is 3.59. The molecule has 0 fully saturated rings. The smallest absolute Gasteiger partial charge is 0.169 e. The van der Waals surface area contributed by atoms with Gasteiger partial charge >= 0.3 is 0 Å². The van der Waals surface area contributed by atoms with Gasteiger partial charge in [-0.1, -0.05) is 26.8 Å². The second-order valence-electron chi connectivity index (χ2n) is 6.05. The maximum atomic E-state index is 4.70. The second-order valence-corrected chi connectivity index (χ2v) is 6.99. The van der Waals surface area contributed by atoms with Gasteiger partial charge in [-0.15, -0.1) is 11.3 Å². The predicted octanol–water partition coefficient (Wildman–Crippen LogP) is 4.00. The molecule has 0 spiro atoms. The normalized spacial score (nSPS) is 12.9. The van der Waals surface area contributed by atoms with Gasteiger partial charge in [0.05, 0.1) is 4.88 Å². The number of thiophene rings is 1. The van der Waals surface area contributed by atoms with Gasteiger partial charge < -0.3 is 5.32 Å². The summed E-state index contributed by atoms with van der Waals surface area (Å²) in [5.41, 5.74) is 3.53. The molecule has 2 rings (SSSR count). The monoisotopic (exact) mass is 303 g/mol. The van der Waals surface area contributed by atoms with Gasteiger partial charge in [0, 0.05) is 17.4 Å². The Morgan fingerprint density at radius 3 is 2.33 bits per heavy atom. The Morgan fingerprint density at radius 2 is 1.81 bits per heavy atom. The number of nitrogens with one attached hydrogen (secondary N) is 1. The largest absolute Gasteiger partial charge is 0.314 e. The molecule has 0 saturated carbocycles. The lowest BCUT2D eigenvalue weighted by Gasteiger charge is -2.17. The summed E-state index contributed by atoms with van der Waals surface area (Å²) < 4.78 is 0. The van der Waals surface area contributed by atoms with E-state index in [0.717, 1.165) is 35.1 Å². The first-order valence-corrected chi connectivity index (χ1v) is 8.46. The maximum Gasteiger partial charge on any atom is 0.169 e. The second kappa shape index (κ2) is 7.14. The highest BCUT2D eigenvalue weighted by atomic mass is 32.1. The van der Waals surface area contributed by atoms with Crippen LogP contribution in [0.3, 0.4) is 0 Å². The molecule has 1 N–H and O–H groups in total. The van der Waals surface area contributed by atoms with E-state index >= 15 is 0 Å². The van der Waals surface area contributed by atoms with E-state index in [2.05, 4.69) is 51.4 Å². The van der Waals surface area contributed by atoms with E-state index in [9.17, 15) is 0 Å². The zero-order chi connectivity index (χ0) is 15.4. The summed E-state index contributed by atoms with van der Waals surface area (Å²) in [6, 6.07) is 4.65. The van der Waals surface area contributed by atoms with Crippen LogP contribution in [0.4, 0.5) is 0 Å². The van der Waals surface area contributed by atoms with Crippen molar-refractivity contribution in [2.75, 3.05) is 6.54 Å². The number of hydrogen-bond donors (Lipinski definition) is 1. The molecule has 0 saturated heterocycles. The number of rotatable bonds is 6. The fourth-order valence-electron chi connectivity index (χ4n) is 2.41. The van der Waals surface area contributed by atoms with E-state index in [0.29, 0.717) is 12.0 Å². The van der Waals surface area contributed by atoms with Crippen molar-refractivity contribution in [3.8, 4) is 10.7 Å². The standard InChI is InChI=1S/C17H25N3S/c1-11(2)18-10-12(3)9-15-13(4)19-17(20-14(15)5)16-7-6-8-21-16/h6-8,11-12,18H,9-10H2,1-5H3. The first kappa shape index (κ1) is 16.1. The van der Waals surface area contributed by atoms with Gasteiger partial charge in [-0.05, 0) is 49.7 Å². The lowest BCUT2D eigenvalue weighted by Crippen LogP contribution is -2.29. The fourth-order valence-corrected chi connectivity index (χ4v) is 3.07. The summed E-state index contributed by atoms with van der Waals surface area (Å²) in [6.45, 7) is 11.9. The van der Waals surface area contributed by atoms with Crippen molar-refractivity contribution in [2.45, 2.75) is 47.1 Å². The van der Waals surface area contributed by atoms with Crippen molar-refractivity contribution >= 4 is 11.3 Å². The van der Waals surface area contributed by atoms with E-state index in [4.69, 9.17) is 9.97 Å². The molecule has 0 aliphatic rings. The lowest BCUT2D eigenvalue weighted by molar-refractivity contribution is 0.473. The molecule has 0 bridgehead atoms. The van der Waals surface area contributed by atoms with Crippen molar-refractivity contribution < 1.29 is 0 Å². The molecule has 0 aromatic carbocycles. The quantitative estimate of drug-likeness (QED) is 0.876. The summed E-state index contributed by atoms with van der Waals surface area (Å²) >= 11 is 1.69. The van der Waals surface area contributed by atoms with Crippen LogP contribution in [0, 0.1) is 19.8 Å². The van der Waals surface area contributed by atoms with Gasteiger partial charge in [0.25, 0.3) is 0 Å². The minimum atomic E-state index is 0.534. The van der Waals surface area contributed by atoms with Crippen molar-refractivity contribution in [2.24, 2.45) is 5.92 Å². The molecule has 0 amide bonds. The third-order valence-corrected chi connectivity index (χ3v) is 4.46. The highest BCUT2D eigenvalue weighted by molar-refractivity contribution is 7.13. The zero-order valence-corrected chi connectivity index (χ0v) is 14.4. The minimum Gasteiger partial charge on any atom is -0.314 e. The van der Waals surface area contributed by atoms with Crippen LogP contribution in [0.15, 0.2) is 17.5 Å². The number of aryl methyl sites for hydroxylation is 2. The van der Waals surface area contributed by atoms with E-state index in [-0.39, 0.29) is 0 Å². The summed E-state index contributed by atoms with van der Waals surface area (Å²) in [4.78, 5) is 10.5. The average Bonchev–Trinajstić information content (AvgIpc) is 2.94. The zero-order valence-electron chi connectivity index (χ0n) is 13.6. The highest BCUT2D eigenvalue weighted by Gasteiger charge is 2.13. The minimum absolute atomic E-state index is 0.534. The molecule has 4 heteroatoms. The van der Waals surface area contributed by atoms with Crippen LogP contribution in [0.1, 0.15) is 37.7 Å². The Morgan fingerprint density at radius 1 is 1.14 bits per heavy atom. The fraction of sp³-hybridized carbons (Fsp3) is 0.529. The van der Waals surface area contributed by atoms with E-state index in [1.54, 1.807) is 11.3 Å². The van der Waals surface area contributed by atoms with Crippen molar-refractivity contribution in [1.82, 2.24) is 15.3 Å². The van der Waals surface area contributed by atoms with Crippen molar-refractivity contribution in [1.29, 1.82) is 0 Å². The van der Waals surface area contributed by atoms with E-state index in [1.807, 2.05) is 6.07 Å². The van der Waals surface area contributed by atoms with Gasteiger partial charge in [-0.2, -0.15) is 0 Å². The Bertz CT molecular complexity index is 553. The van der Waals surface area contributed by atoms with Crippen molar-refractivity contribution in [3.05, 3.63) is 34.5 Å². The summed E-state index contributed by atoms with van der Waals surface area (Å²) in [6.07, 6.45) is 1.03. The molecule has 2 aromatic rings. The van der Waals surface area contributed by atoms with Crippen LogP contribution in [-0.2, 0) is 6.42 Å². The van der Waals surface area contributed by atoms with Crippen LogP contribution < -0.4 is 5.32 Å². The SMILES string of the molecule is Cc1nc(-c2cccs2)nc(C)c1CC(C)CNC(C)C. The molecule has 3 nitrogen and oxygen atoms in total. The molecule has 0 aliphatic carbocycles. The first-order valence-electron chi connectivity index (χ1n) is 7.58. The molecule has 21 heavy (non-hydrogen) atoms. The molecule has 1 unspecified atom stereocenters. The van der Waals surface area contributed by atoms with Crippen LogP contribution in [0.5, 0.6) is 0 Å². The van der Waals surface area contributed by atoms with Gasteiger partial charge in [0.2, 0.25) is 0 Å². The number of hydrogen-bond acceptors (Lipinski definition) is 4. The van der Waals surface area contributed by atoms with Crippen LogP contribution in [-0.4, -0.2) is 22.6 Å². The van der Waals surface area contributed by atoms with Gasteiger partial charge in [-0.25, -0.2) is 9.97 Å². The van der Waals surface area contributed by atoms with E-state index < -0.39 is 0 Å². The van der Waals surface area contributed by atoms with E-state index in [1.165, 1.54) is 5.56 Å². The molecule has 2 aromatic heterocycles. The molecule has 1 atom stereocenters. The highest BCUT2D eigenvalue weighted by Crippen LogP contribution is 2.24. The topological polar surface area (TPSA) is 37.8 Å². The maximum absolute atomic E-state index is 4.70. The van der Waals surface area contributed by atoms with Crippen LogP contribution in [0.25, 0.3) is 10.7 Å². The Kier molecular flexibility index (Phi) is 5.48. The van der Waals surface area contributed by atoms with Gasteiger partial charge in [-0.3, -0.25) is 0 Å². The molecule has 0 radical (unpaired) electrons. The Hall–Kier alpha value is -1.26. The molecular formula is C17H25N3S. The van der Waals surface area contributed by atoms with Crippen molar-refractivity contribution in [3.63, 3.8) is 0 Å². The first-order chi connectivity index (χ1) is 9.97. The number of nitrogens with zero attached hydrogens (tertiary/aromatic N) is 2. The summed E-state index contributed by atoms with van der Waals surface area (Å²) in [7, 11) is 0. The predicted molar refractivity (Wildman–Crippen MR) is 90.8 cm³/mol. The number of aromatic nitrogens is 2. The Balaban J connectivity index is 2.14. The molecule has 114 valence electrons. The molecule has 0 aliphatic heterocycles. The van der Waals surface area contributed by atoms with Crippen LogP contribution in [0.2, 0.25) is 0 Å². The molecule has 2 heterocycles. The third kappa shape index (κ3) is 4.35. The molecular weight excluding hydrogens is 278 g/mol. The van der Waals surface area contributed by atoms with Gasteiger partial charge in [0.1, 0.15) is 0 Å². The lowest BCUT2D eigenvalue weighted by atomic mass is 9.98. The van der Waals surface area contributed by atoms with Gasteiger partial charge in [0.15, 0.2) is 5.82 Å². The van der Waals surface area contributed by atoms with Crippen LogP contribution >= 0.6 is 11.3 Å². The Labute approximate surface area is 131 Å². The summed E-state index contributed by atoms with van der Waals surface area (Å²) in [5, 5.41) is 5.57.